The number of aromatic nitrogens is 3. The predicted molar refractivity (Wildman–Crippen MR) is 117 cm³/mol. The molecule has 6 nitrogen and oxygen atoms in total. The summed E-state index contributed by atoms with van der Waals surface area (Å²) >= 11 is 1.30. The molecule has 0 radical (unpaired) electrons. The third-order valence-electron chi connectivity index (χ3n) is 4.48. The fourth-order valence-corrected chi connectivity index (χ4v) is 3.80. The van der Waals surface area contributed by atoms with Gasteiger partial charge in [-0.15, -0.1) is 0 Å². The van der Waals surface area contributed by atoms with Crippen LogP contribution in [0.3, 0.4) is 0 Å². The first kappa shape index (κ1) is 20.8. The zero-order valence-corrected chi connectivity index (χ0v) is 18.0. The lowest BCUT2D eigenvalue weighted by Crippen LogP contribution is -2.20. The largest absolute Gasteiger partial charge is 0.344 e. The number of hydrogen-bond acceptors (Lipinski definition) is 5. The van der Waals surface area contributed by atoms with E-state index in [0.717, 1.165) is 34.9 Å². The Morgan fingerprint density at radius 1 is 1.10 bits per heavy atom. The Balaban J connectivity index is 1.57. The zero-order valence-electron chi connectivity index (χ0n) is 17.1. The van der Waals surface area contributed by atoms with Crippen molar-refractivity contribution in [3.8, 4) is 0 Å². The second-order valence-corrected chi connectivity index (χ2v) is 7.86. The van der Waals surface area contributed by atoms with Crippen LogP contribution in [0, 0.1) is 27.7 Å². The second kappa shape index (κ2) is 9.52. The lowest BCUT2D eigenvalue weighted by molar-refractivity contribution is -0.118. The number of thioether (sulfide) groups is 1. The van der Waals surface area contributed by atoms with Crippen molar-refractivity contribution in [3.63, 3.8) is 0 Å². The fraction of sp³-hybridized carbons (Fsp3) is 0.273. The molecule has 3 aromatic rings. The summed E-state index contributed by atoms with van der Waals surface area (Å²) in [5.41, 5.74) is 8.87. The van der Waals surface area contributed by atoms with Gasteiger partial charge in [-0.3, -0.25) is 4.79 Å². The molecule has 0 saturated carbocycles. The molecule has 2 heterocycles. The van der Waals surface area contributed by atoms with Crippen LogP contribution in [0.4, 0.5) is 0 Å². The maximum Gasteiger partial charge on any atom is 0.250 e. The van der Waals surface area contributed by atoms with Crippen LogP contribution in [0.15, 0.2) is 52.7 Å². The summed E-state index contributed by atoms with van der Waals surface area (Å²) < 4.78 is 2.24. The van der Waals surface area contributed by atoms with Gasteiger partial charge in [0, 0.05) is 34.9 Å². The SMILES string of the molecule is Cc1cc(C)nc(SCC(=O)N/N=C\c2cc(C)n(Cc3ccccc3)c2C)n1. The molecular formula is C22H25N5OS. The van der Waals surface area contributed by atoms with Crippen molar-refractivity contribution >= 4 is 23.9 Å². The Labute approximate surface area is 175 Å². The van der Waals surface area contributed by atoms with Crippen molar-refractivity contribution in [3.05, 3.63) is 76.4 Å². The number of rotatable bonds is 7. The van der Waals surface area contributed by atoms with Gasteiger partial charge >= 0.3 is 0 Å². The van der Waals surface area contributed by atoms with Crippen LogP contribution in [0.25, 0.3) is 0 Å². The third-order valence-corrected chi connectivity index (χ3v) is 5.33. The predicted octanol–water partition coefficient (Wildman–Crippen LogP) is 3.80. The van der Waals surface area contributed by atoms with Crippen LogP contribution in [0.2, 0.25) is 0 Å². The second-order valence-electron chi connectivity index (χ2n) is 6.91. The van der Waals surface area contributed by atoms with E-state index in [1.807, 2.05) is 38.1 Å². The van der Waals surface area contributed by atoms with E-state index in [1.54, 1.807) is 6.21 Å². The monoisotopic (exact) mass is 407 g/mol. The van der Waals surface area contributed by atoms with Gasteiger partial charge in [-0.25, -0.2) is 15.4 Å². The van der Waals surface area contributed by atoms with E-state index in [2.05, 4.69) is 57.1 Å². The fourth-order valence-electron chi connectivity index (χ4n) is 3.06. The Morgan fingerprint density at radius 2 is 1.79 bits per heavy atom. The molecule has 1 aromatic carbocycles. The summed E-state index contributed by atoms with van der Waals surface area (Å²) in [4.78, 5) is 20.7. The molecular weight excluding hydrogens is 382 g/mol. The normalized spacial score (nSPS) is 11.2. The van der Waals surface area contributed by atoms with Gasteiger partial charge in [-0.2, -0.15) is 5.10 Å². The molecule has 0 aliphatic carbocycles. The molecule has 3 rings (SSSR count). The van der Waals surface area contributed by atoms with Gasteiger partial charge in [0.15, 0.2) is 5.16 Å². The number of aryl methyl sites for hydroxylation is 3. The molecule has 29 heavy (non-hydrogen) atoms. The van der Waals surface area contributed by atoms with Crippen LogP contribution in [-0.4, -0.2) is 32.4 Å². The standard InChI is InChI=1S/C22H25N5OS/c1-15-10-16(2)25-22(24-15)29-14-21(28)26-23-12-20-11-17(3)27(18(20)4)13-19-8-6-5-7-9-19/h5-12H,13-14H2,1-4H3,(H,26,28)/b23-12-. The highest BCUT2D eigenvalue weighted by atomic mass is 32.2. The minimum atomic E-state index is -0.188. The minimum absolute atomic E-state index is 0.188. The van der Waals surface area contributed by atoms with Crippen LogP contribution >= 0.6 is 11.8 Å². The van der Waals surface area contributed by atoms with E-state index in [1.165, 1.54) is 17.3 Å². The zero-order chi connectivity index (χ0) is 20.8. The molecule has 0 unspecified atom stereocenters. The van der Waals surface area contributed by atoms with E-state index in [0.29, 0.717) is 5.16 Å². The summed E-state index contributed by atoms with van der Waals surface area (Å²) in [6, 6.07) is 14.3. The van der Waals surface area contributed by atoms with Gasteiger partial charge in [-0.05, 0) is 45.4 Å². The highest BCUT2D eigenvalue weighted by Gasteiger charge is 2.09. The van der Waals surface area contributed by atoms with Crippen LogP contribution in [-0.2, 0) is 11.3 Å². The number of benzene rings is 1. The smallest absolute Gasteiger partial charge is 0.250 e. The molecule has 1 amide bonds. The Morgan fingerprint density at radius 3 is 2.48 bits per heavy atom. The maximum atomic E-state index is 12.1. The summed E-state index contributed by atoms with van der Waals surface area (Å²) in [6.07, 6.45) is 1.69. The van der Waals surface area contributed by atoms with Crippen LogP contribution in [0.5, 0.6) is 0 Å². The molecule has 0 fully saturated rings. The highest BCUT2D eigenvalue weighted by molar-refractivity contribution is 7.99. The van der Waals surface area contributed by atoms with Gasteiger partial charge in [-0.1, -0.05) is 42.1 Å². The molecule has 0 spiro atoms. The number of amides is 1. The Hall–Kier alpha value is -2.93. The van der Waals surface area contributed by atoms with Crippen molar-refractivity contribution in [2.24, 2.45) is 5.10 Å². The summed E-state index contributed by atoms with van der Waals surface area (Å²) in [7, 11) is 0. The van der Waals surface area contributed by atoms with Gasteiger partial charge < -0.3 is 4.57 Å². The van der Waals surface area contributed by atoms with Crippen LogP contribution < -0.4 is 5.43 Å². The molecule has 1 N–H and O–H groups in total. The molecule has 2 aromatic heterocycles. The first-order valence-corrected chi connectivity index (χ1v) is 10.4. The number of carbonyl (C=O) groups excluding carboxylic acids is 1. The molecule has 0 aliphatic rings. The molecule has 0 atom stereocenters. The van der Waals surface area contributed by atoms with E-state index >= 15 is 0 Å². The van der Waals surface area contributed by atoms with E-state index in [9.17, 15) is 4.79 Å². The van der Waals surface area contributed by atoms with E-state index in [-0.39, 0.29) is 11.7 Å². The quantitative estimate of drug-likeness (QED) is 0.280. The molecule has 0 aliphatic heterocycles. The lowest BCUT2D eigenvalue weighted by atomic mass is 10.2. The third kappa shape index (κ3) is 5.77. The first-order valence-electron chi connectivity index (χ1n) is 9.40. The lowest BCUT2D eigenvalue weighted by Gasteiger charge is -2.09. The first-order chi connectivity index (χ1) is 13.9. The molecule has 0 saturated heterocycles. The summed E-state index contributed by atoms with van der Waals surface area (Å²) in [5.74, 6) is 0.0277. The van der Waals surface area contributed by atoms with E-state index in [4.69, 9.17) is 0 Å². The van der Waals surface area contributed by atoms with Crippen molar-refractivity contribution in [1.29, 1.82) is 0 Å². The van der Waals surface area contributed by atoms with Gasteiger partial charge in [0.2, 0.25) is 0 Å². The number of nitrogens with one attached hydrogen (secondary N) is 1. The van der Waals surface area contributed by atoms with Gasteiger partial charge in [0.1, 0.15) is 0 Å². The van der Waals surface area contributed by atoms with Crippen molar-refractivity contribution < 1.29 is 4.79 Å². The minimum Gasteiger partial charge on any atom is -0.344 e. The van der Waals surface area contributed by atoms with Gasteiger partial charge in [0.25, 0.3) is 5.91 Å². The van der Waals surface area contributed by atoms with Crippen molar-refractivity contribution in [1.82, 2.24) is 20.0 Å². The van der Waals surface area contributed by atoms with Gasteiger partial charge in [0.05, 0.1) is 12.0 Å². The number of hydrogen-bond donors (Lipinski definition) is 1. The van der Waals surface area contributed by atoms with Crippen LogP contribution in [0.1, 0.15) is 33.9 Å². The van der Waals surface area contributed by atoms with Crippen molar-refractivity contribution in [2.75, 3.05) is 5.75 Å². The number of nitrogens with zero attached hydrogens (tertiary/aromatic N) is 4. The highest BCUT2D eigenvalue weighted by Crippen LogP contribution is 2.16. The maximum absolute atomic E-state index is 12.1. The molecule has 150 valence electrons. The Kier molecular flexibility index (Phi) is 6.82. The average molecular weight is 408 g/mol. The average Bonchev–Trinajstić information content (AvgIpc) is 2.94. The van der Waals surface area contributed by atoms with E-state index < -0.39 is 0 Å². The summed E-state index contributed by atoms with van der Waals surface area (Å²) in [5, 5.41) is 4.72. The Bertz CT molecular complexity index is 1010. The number of hydrazone groups is 1. The molecule has 0 bridgehead atoms. The molecule has 7 heteroatoms. The number of carbonyl (C=O) groups is 1. The summed E-state index contributed by atoms with van der Waals surface area (Å²) in [6.45, 7) is 8.78. The topological polar surface area (TPSA) is 72.2 Å². The van der Waals surface area contributed by atoms with Crippen molar-refractivity contribution in [2.45, 2.75) is 39.4 Å².